The third-order valence-corrected chi connectivity index (χ3v) is 0.698. The van der Waals surface area contributed by atoms with E-state index in [1.54, 1.807) is 0 Å². The van der Waals surface area contributed by atoms with E-state index >= 15 is 0 Å². The largest absolute Gasteiger partial charge is 0.455 e. The molecule has 0 spiro atoms. The van der Waals surface area contributed by atoms with Crippen LogP contribution in [0.4, 0.5) is 0 Å². The second-order valence-corrected chi connectivity index (χ2v) is 1.60. The molecule has 0 saturated carbocycles. The van der Waals surface area contributed by atoms with E-state index in [1.807, 2.05) is 0 Å². The molecule has 0 saturated heterocycles. The highest BCUT2D eigenvalue weighted by molar-refractivity contribution is 4.86. The Balaban J connectivity index is 2.66. The van der Waals surface area contributed by atoms with Gasteiger partial charge in [0.15, 0.2) is 0 Å². The minimum absolute atomic E-state index is 0.382. The number of aromatic nitrogens is 3. The average Bonchev–Trinajstić information content (AvgIpc) is 1.85. The molecular weight excluding hydrogens is 154 g/mol. The summed E-state index contributed by atoms with van der Waals surface area (Å²) < 4.78 is 4.01. The minimum Gasteiger partial charge on any atom is -0.382 e. The highest BCUT2D eigenvalue weighted by Crippen LogP contribution is 2.02. The van der Waals surface area contributed by atoms with Gasteiger partial charge in [0, 0.05) is 0 Å². The summed E-state index contributed by atoms with van der Waals surface area (Å²) in [5.74, 6) is 0. The first-order chi connectivity index (χ1) is 5.08. The Morgan fingerprint density at radius 1 is 1.18 bits per heavy atom. The van der Waals surface area contributed by atoms with Crippen molar-refractivity contribution < 1.29 is 20.1 Å². The van der Waals surface area contributed by atoms with Gasteiger partial charge in [0.05, 0.1) is 0 Å². The first-order valence-electron chi connectivity index (χ1n) is 2.56. The monoisotopic (exact) mass is 159 g/mol. The molecule has 3 N–H and O–H groups in total. The Kier molecular flexibility index (Phi) is 1.94. The lowest BCUT2D eigenvalue weighted by molar-refractivity contribution is -0.421. The Hall–Kier alpha value is -1.31. The summed E-state index contributed by atoms with van der Waals surface area (Å²) >= 11 is 0. The number of aliphatic hydroxyl groups is 3. The van der Waals surface area contributed by atoms with Crippen LogP contribution < -0.4 is 4.74 Å². The van der Waals surface area contributed by atoms with Gasteiger partial charge in [-0.2, -0.15) is 9.97 Å². The van der Waals surface area contributed by atoms with E-state index in [9.17, 15) is 0 Å². The smallest absolute Gasteiger partial charge is 0.382 e. The van der Waals surface area contributed by atoms with Gasteiger partial charge in [-0.05, 0) is 0 Å². The van der Waals surface area contributed by atoms with Gasteiger partial charge >= 0.3 is 12.2 Å². The van der Waals surface area contributed by atoms with E-state index in [-0.39, 0.29) is 6.01 Å². The number of hydrogen-bond donors (Lipinski definition) is 3. The molecular formula is C4H5N3O4. The highest BCUT2D eigenvalue weighted by Gasteiger charge is 2.22. The molecule has 0 radical (unpaired) electrons. The van der Waals surface area contributed by atoms with E-state index in [2.05, 4.69) is 19.7 Å². The molecule has 0 amide bonds. The SMILES string of the molecule is OC(O)(O)Oc1ncncn1. The topological polar surface area (TPSA) is 109 Å². The lowest BCUT2D eigenvalue weighted by atomic mass is 11.0. The summed E-state index contributed by atoms with van der Waals surface area (Å²) in [5, 5.41) is 24.8. The van der Waals surface area contributed by atoms with Gasteiger partial charge in [-0.15, -0.1) is 0 Å². The van der Waals surface area contributed by atoms with Crippen LogP contribution in [0.25, 0.3) is 0 Å². The molecule has 0 aliphatic carbocycles. The lowest BCUT2D eigenvalue weighted by Gasteiger charge is -2.12. The van der Waals surface area contributed by atoms with Crippen molar-refractivity contribution >= 4 is 0 Å². The summed E-state index contributed by atoms with van der Waals surface area (Å²) in [7, 11) is 0. The zero-order chi connectivity index (χ0) is 8.32. The third kappa shape index (κ3) is 2.85. The molecule has 0 bridgehead atoms. The van der Waals surface area contributed by atoms with Crippen LogP contribution in [0, 0.1) is 0 Å². The predicted molar refractivity (Wildman–Crippen MR) is 29.8 cm³/mol. The first kappa shape index (κ1) is 7.79. The van der Waals surface area contributed by atoms with Crippen LogP contribution >= 0.6 is 0 Å². The molecule has 1 rings (SSSR count). The quantitative estimate of drug-likeness (QED) is 0.421. The van der Waals surface area contributed by atoms with E-state index in [0.29, 0.717) is 0 Å². The molecule has 0 atom stereocenters. The molecule has 1 aromatic rings. The summed E-state index contributed by atoms with van der Waals surface area (Å²) in [6, 6.07) is -0.382. The molecule has 0 aliphatic heterocycles. The fourth-order valence-corrected chi connectivity index (χ4v) is 0.404. The normalized spacial score (nSPS) is 11.2. The molecule has 60 valence electrons. The van der Waals surface area contributed by atoms with Crippen molar-refractivity contribution in [2.75, 3.05) is 0 Å². The standard InChI is InChI=1S/C4H5N3O4/c8-4(9,10)11-3-6-1-5-2-7-3/h1-2,8-10H. The van der Waals surface area contributed by atoms with Gasteiger partial charge in [0.25, 0.3) is 0 Å². The molecule has 7 heteroatoms. The molecule has 0 aliphatic rings. The number of hydrogen-bond acceptors (Lipinski definition) is 7. The van der Waals surface area contributed by atoms with Gasteiger partial charge in [-0.3, -0.25) is 0 Å². The van der Waals surface area contributed by atoms with E-state index in [4.69, 9.17) is 15.3 Å². The number of ether oxygens (including phenoxy) is 1. The van der Waals surface area contributed by atoms with Gasteiger partial charge < -0.3 is 20.1 Å². The fraction of sp³-hybridized carbons (Fsp3) is 0.250. The number of rotatable bonds is 2. The van der Waals surface area contributed by atoms with Crippen molar-refractivity contribution in [3.05, 3.63) is 12.7 Å². The maximum absolute atomic E-state index is 8.26. The van der Waals surface area contributed by atoms with Crippen molar-refractivity contribution in [2.24, 2.45) is 0 Å². The summed E-state index contributed by atoms with van der Waals surface area (Å²) in [5.41, 5.74) is 0. The van der Waals surface area contributed by atoms with Gasteiger partial charge in [0.2, 0.25) is 0 Å². The summed E-state index contributed by atoms with van der Waals surface area (Å²) in [6.07, 6.45) is -1.09. The third-order valence-electron chi connectivity index (χ3n) is 0.698. The first-order valence-corrected chi connectivity index (χ1v) is 2.56. The van der Waals surface area contributed by atoms with E-state index in [0.717, 1.165) is 12.7 Å². The predicted octanol–water partition coefficient (Wildman–Crippen LogP) is -2.16. The maximum Gasteiger partial charge on any atom is 0.455 e. The molecule has 0 aromatic carbocycles. The second kappa shape index (κ2) is 2.74. The lowest BCUT2D eigenvalue weighted by Crippen LogP contribution is -2.35. The second-order valence-electron chi connectivity index (χ2n) is 1.60. The van der Waals surface area contributed by atoms with Crippen LogP contribution in [0.5, 0.6) is 6.01 Å². The van der Waals surface area contributed by atoms with Crippen LogP contribution in [0.15, 0.2) is 12.7 Å². The Bertz CT molecular complexity index is 221. The minimum atomic E-state index is -3.25. The maximum atomic E-state index is 8.26. The van der Waals surface area contributed by atoms with Crippen LogP contribution in [0.1, 0.15) is 0 Å². The molecule has 1 heterocycles. The van der Waals surface area contributed by atoms with Crippen LogP contribution in [0.3, 0.4) is 0 Å². The Labute approximate surface area is 61.0 Å². The van der Waals surface area contributed by atoms with Gasteiger partial charge in [0.1, 0.15) is 12.7 Å². The van der Waals surface area contributed by atoms with Crippen LogP contribution in [-0.4, -0.2) is 36.4 Å². The zero-order valence-electron chi connectivity index (χ0n) is 5.25. The van der Waals surface area contributed by atoms with Crippen molar-refractivity contribution in [1.29, 1.82) is 0 Å². The fourth-order valence-electron chi connectivity index (χ4n) is 0.404. The summed E-state index contributed by atoms with van der Waals surface area (Å²) in [6.45, 7) is 0. The highest BCUT2D eigenvalue weighted by atomic mass is 16.9. The molecule has 7 nitrogen and oxygen atoms in total. The van der Waals surface area contributed by atoms with Gasteiger partial charge in [-0.25, -0.2) is 4.98 Å². The number of nitrogens with zero attached hydrogens (tertiary/aromatic N) is 3. The van der Waals surface area contributed by atoms with Crippen molar-refractivity contribution in [2.45, 2.75) is 6.16 Å². The molecule has 1 aromatic heterocycles. The Morgan fingerprint density at radius 3 is 2.18 bits per heavy atom. The van der Waals surface area contributed by atoms with Crippen LogP contribution in [0.2, 0.25) is 0 Å². The zero-order valence-corrected chi connectivity index (χ0v) is 5.25. The van der Waals surface area contributed by atoms with Gasteiger partial charge in [-0.1, -0.05) is 0 Å². The molecule has 0 unspecified atom stereocenters. The summed E-state index contributed by atoms with van der Waals surface area (Å²) in [4.78, 5) is 10.1. The Morgan fingerprint density at radius 2 is 1.73 bits per heavy atom. The van der Waals surface area contributed by atoms with Crippen molar-refractivity contribution in [3.8, 4) is 6.01 Å². The average molecular weight is 159 g/mol. The molecule has 11 heavy (non-hydrogen) atoms. The van der Waals surface area contributed by atoms with E-state index < -0.39 is 6.16 Å². The van der Waals surface area contributed by atoms with E-state index in [1.165, 1.54) is 0 Å². The van der Waals surface area contributed by atoms with Crippen LogP contribution in [-0.2, 0) is 0 Å². The van der Waals surface area contributed by atoms with Crippen molar-refractivity contribution in [3.63, 3.8) is 0 Å². The van der Waals surface area contributed by atoms with Crippen molar-refractivity contribution in [1.82, 2.24) is 15.0 Å². The molecule has 0 fully saturated rings.